The van der Waals surface area contributed by atoms with Gasteiger partial charge < -0.3 is 19.7 Å². The summed E-state index contributed by atoms with van der Waals surface area (Å²) in [7, 11) is 1.82. The molecule has 0 bridgehead atoms. The average molecular weight is 421 g/mol. The summed E-state index contributed by atoms with van der Waals surface area (Å²) in [6, 6.07) is 17.2. The second kappa shape index (κ2) is 10.1. The van der Waals surface area contributed by atoms with Gasteiger partial charge in [-0.15, -0.1) is 0 Å². The van der Waals surface area contributed by atoms with E-state index in [1.807, 2.05) is 37.6 Å². The standard InChI is InChI=1S/C24H29FN6/c1-26-24(30-17-15-29(16-18-30)22-9-7-21(25)8-10-22)28-12-11-23-27-13-14-31(23)19-20-5-3-2-4-6-20/h2-10,13-14H,11-12,15-19H2,1H3,(H,26,28). The van der Waals surface area contributed by atoms with Crippen LogP contribution in [0.4, 0.5) is 10.1 Å². The van der Waals surface area contributed by atoms with E-state index in [2.05, 4.69) is 53.9 Å². The van der Waals surface area contributed by atoms with Gasteiger partial charge in [-0.1, -0.05) is 30.3 Å². The summed E-state index contributed by atoms with van der Waals surface area (Å²) in [6.07, 6.45) is 4.72. The van der Waals surface area contributed by atoms with Crippen LogP contribution in [0, 0.1) is 5.82 Å². The summed E-state index contributed by atoms with van der Waals surface area (Å²) in [5.41, 5.74) is 2.33. The molecule has 1 aliphatic heterocycles. The van der Waals surface area contributed by atoms with E-state index in [0.717, 1.165) is 63.2 Å². The molecule has 0 amide bonds. The van der Waals surface area contributed by atoms with E-state index in [-0.39, 0.29) is 5.82 Å². The number of benzene rings is 2. The minimum absolute atomic E-state index is 0.198. The predicted molar refractivity (Wildman–Crippen MR) is 123 cm³/mol. The lowest BCUT2D eigenvalue weighted by atomic mass is 10.2. The highest BCUT2D eigenvalue weighted by Crippen LogP contribution is 2.17. The van der Waals surface area contributed by atoms with Gasteiger partial charge in [-0.2, -0.15) is 0 Å². The number of hydrogen-bond donors (Lipinski definition) is 1. The van der Waals surface area contributed by atoms with Crippen molar-refractivity contribution in [2.75, 3.05) is 44.7 Å². The van der Waals surface area contributed by atoms with E-state index < -0.39 is 0 Å². The first-order valence-electron chi connectivity index (χ1n) is 10.7. The van der Waals surface area contributed by atoms with Crippen LogP contribution in [0.5, 0.6) is 0 Å². The molecule has 3 aromatic rings. The molecule has 0 radical (unpaired) electrons. The largest absolute Gasteiger partial charge is 0.368 e. The number of nitrogens with zero attached hydrogens (tertiary/aromatic N) is 5. The molecule has 0 aliphatic carbocycles. The third-order valence-electron chi connectivity index (χ3n) is 5.61. The SMILES string of the molecule is CN=C(NCCc1nccn1Cc1ccccc1)N1CCN(c2ccc(F)cc2)CC1. The second-order valence-corrected chi connectivity index (χ2v) is 7.63. The molecule has 1 aliphatic rings. The van der Waals surface area contributed by atoms with Crippen molar-refractivity contribution in [3.8, 4) is 0 Å². The Labute approximate surface area is 183 Å². The van der Waals surface area contributed by atoms with E-state index in [0.29, 0.717) is 0 Å². The van der Waals surface area contributed by atoms with Gasteiger partial charge >= 0.3 is 0 Å². The van der Waals surface area contributed by atoms with Crippen molar-refractivity contribution in [3.05, 3.63) is 84.2 Å². The quantitative estimate of drug-likeness (QED) is 0.492. The number of aromatic nitrogens is 2. The van der Waals surface area contributed by atoms with Crippen LogP contribution in [0.15, 0.2) is 72.0 Å². The molecule has 1 saturated heterocycles. The molecule has 6 nitrogen and oxygen atoms in total. The normalized spacial score (nSPS) is 14.7. The Morgan fingerprint density at radius 3 is 2.48 bits per heavy atom. The zero-order valence-corrected chi connectivity index (χ0v) is 17.9. The maximum Gasteiger partial charge on any atom is 0.193 e. The summed E-state index contributed by atoms with van der Waals surface area (Å²) in [5.74, 6) is 1.78. The summed E-state index contributed by atoms with van der Waals surface area (Å²) in [4.78, 5) is 13.6. The van der Waals surface area contributed by atoms with Gasteiger partial charge in [-0.3, -0.25) is 4.99 Å². The number of piperazine rings is 1. The molecule has 1 N–H and O–H groups in total. The first kappa shape index (κ1) is 20.9. The Bertz CT molecular complexity index is 975. The van der Waals surface area contributed by atoms with Crippen LogP contribution in [0.25, 0.3) is 0 Å². The van der Waals surface area contributed by atoms with Crippen molar-refractivity contribution in [2.45, 2.75) is 13.0 Å². The van der Waals surface area contributed by atoms with Gasteiger partial charge in [-0.25, -0.2) is 9.37 Å². The molecule has 0 saturated carbocycles. The van der Waals surface area contributed by atoms with E-state index >= 15 is 0 Å². The lowest BCUT2D eigenvalue weighted by Crippen LogP contribution is -2.52. The Morgan fingerprint density at radius 1 is 1.03 bits per heavy atom. The number of imidazole rings is 1. The molecule has 0 spiro atoms. The average Bonchev–Trinajstić information content (AvgIpc) is 3.25. The molecular weight excluding hydrogens is 391 g/mol. The van der Waals surface area contributed by atoms with Crippen molar-refractivity contribution in [1.82, 2.24) is 19.8 Å². The van der Waals surface area contributed by atoms with Crippen molar-refractivity contribution in [2.24, 2.45) is 4.99 Å². The summed E-state index contributed by atoms with van der Waals surface area (Å²) in [6.45, 7) is 5.12. The second-order valence-electron chi connectivity index (χ2n) is 7.63. The van der Waals surface area contributed by atoms with Crippen molar-refractivity contribution >= 4 is 11.6 Å². The van der Waals surface area contributed by atoms with Gasteiger partial charge in [0.1, 0.15) is 11.6 Å². The molecule has 1 aromatic heterocycles. The number of anilines is 1. The topological polar surface area (TPSA) is 48.7 Å². The van der Waals surface area contributed by atoms with E-state index in [1.165, 1.54) is 17.7 Å². The monoisotopic (exact) mass is 420 g/mol. The van der Waals surface area contributed by atoms with E-state index in [4.69, 9.17) is 0 Å². The predicted octanol–water partition coefficient (Wildman–Crippen LogP) is 3.01. The van der Waals surface area contributed by atoms with Crippen LogP contribution >= 0.6 is 0 Å². The molecule has 0 unspecified atom stereocenters. The molecule has 31 heavy (non-hydrogen) atoms. The van der Waals surface area contributed by atoms with Crippen molar-refractivity contribution < 1.29 is 4.39 Å². The third kappa shape index (κ3) is 5.42. The maximum absolute atomic E-state index is 13.2. The summed E-state index contributed by atoms with van der Waals surface area (Å²) in [5, 5.41) is 3.49. The molecule has 4 rings (SSSR count). The van der Waals surface area contributed by atoms with Crippen LogP contribution in [0.2, 0.25) is 0 Å². The number of nitrogens with one attached hydrogen (secondary N) is 1. The van der Waals surface area contributed by atoms with Crippen LogP contribution in [-0.2, 0) is 13.0 Å². The van der Waals surface area contributed by atoms with E-state index in [1.54, 1.807) is 0 Å². The van der Waals surface area contributed by atoms with Gasteiger partial charge in [0.25, 0.3) is 0 Å². The number of hydrogen-bond acceptors (Lipinski definition) is 3. The van der Waals surface area contributed by atoms with Crippen molar-refractivity contribution in [1.29, 1.82) is 0 Å². The first-order valence-corrected chi connectivity index (χ1v) is 10.7. The van der Waals surface area contributed by atoms with Gasteiger partial charge in [0.05, 0.1) is 0 Å². The maximum atomic E-state index is 13.2. The third-order valence-corrected chi connectivity index (χ3v) is 5.61. The molecule has 2 aromatic carbocycles. The number of halogens is 1. The fraction of sp³-hybridized carbons (Fsp3) is 0.333. The van der Waals surface area contributed by atoms with Crippen molar-refractivity contribution in [3.63, 3.8) is 0 Å². The van der Waals surface area contributed by atoms with Gasteiger partial charge in [0.15, 0.2) is 5.96 Å². The fourth-order valence-electron chi connectivity index (χ4n) is 3.94. The molecular formula is C24H29FN6. The Kier molecular flexibility index (Phi) is 6.82. The zero-order chi connectivity index (χ0) is 21.5. The Hall–Kier alpha value is -3.35. The fourth-order valence-corrected chi connectivity index (χ4v) is 3.94. The Balaban J connectivity index is 1.26. The highest BCUT2D eigenvalue weighted by atomic mass is 19.1. The summed E-state index contributed by atoms with van der Waals surface area (Å²) >= 11 is 0. The zero-order valence-electron chi connectivity index (χ0n) is 17.9. The smallest absolute Gasteiger partial charge is 0.193 e. The highest BCUT2D eigenvalue weighted by Gasteiger charge is 2.19. The lowest BCUT2D eigenvalue weighted by molar-refractivity contribution is 0.372. The first-order chi connectivity index (χ1) is 15.2. The summed E-state index contributed by atoms with van der Waals surface area (Å²) < 4.78 is 15.4. The number of rotatable bonds is 6. The van der Waals surface area contributed by atoms with Gasteiger partial charge in [-0.05, 0) is 29.8 Å². The van der Waals surface area contributed by atoms with Crippen LogP contribution in [-0.4, -0.2) is 60.2 Å². The van der Waals surface area contributed by atoms with Gasteiger partial charge in [0, 0.05) is 70.8 Å². The highest BCUT2D eigenvalue weighted by molar-refractivity contribution is 5.80. The number of guanidine groups is 1. The molecule has 2 heterocycles. The van der Waals surface area contributed by atoms with Crippen LogP contribution in [0.3, 0.4) is 0 Å². The van der Waals surface area contributed by atoms with Gasteiger partial charge in [0.2, 0.25) is 0 Å². The molecule has 0 atom stereocenters. The number of aliphatic imine (C=N–C) groups is 1. The van der Waals surface area contributed by atoms with E-state index in [9.17, 15) is 4.39 Å². The Morgan fingerprint density at radius 2 is 1.77 bits per heavy atom. The molecule has 1 fully saturated rings. The van der Waals surface area contributed by atoms with Crippen LogP contribution < -0.4 is 10.2 Å². The lowest BCUT2D eigenvalue weighted by Gasteiger charge is -2.37. The minimum Gasteiger partial charge on any atom is -0.368 e. The molecule has 162 valence electrons. The minimum atomic E-state index is -0.198. The molecule has 7 heteroatoms. The van der Waals surface area contributed by atoms with Crippen LogP contribution in [0.1, 0.15) is 11.4 Å².